The van der Waals surface area contributed by atoms with E-state index in [4.69, 9.17) is 18.0 Å². The van der Waals surface area contributed by atoms with Gasteiger partial charge in [-0.1, -0.05) is 9.39 Å². The largest absolute Gasteiger partial charge is 2.00 e. The molecule has 0 radical (unpaired) electrons. The van der Waals surface area contributed by atoms with Crippen molar-refractivity contribution in [2.75, 3.05) is 4.67 Å². The zero-order chi connectivity index (χ0) is 11.1. The molecule has 2 rings (SSSR count). The van der Waals surface area contributed by atoms with Gasteiger partial charge in [-0.2, -0.15) is 30.3 Å². The third-order valence-electron chi connectivity index (χ3n) is 1.72. The fourth-order valence-electron chi connectivity index (χ4n) is 0.972. The molecule has 0 saturated carbocycles. The topological polar surface area (TPSA) is 29.3 Å². The Bertz CT molecular complexity index is 355. The van der Waals surface area contributed by atoms with Gasteiger partial charge < -0.3 is 10.4 Å². The summed E-state index contributed by atoms with van der Waals surface area (Å²) in [5, 5.41) is 0.358. The molecule has 2 nitrogen and oxygen atoms in total. The number of thiocarbonyl (C=S) groups is 1. The van der Waals surface area contributed by atoms with E-state index in [1.54, 1.807) is 4.67 Å². The Labute approximate surface area is 114 Å². The minimum Gasteiger partial charge on any atom is -0.413 e. The normalized spacial score (nSPS) is 8.31. The molecule has 0 aromatic heterocycles. The third-order valence-corrected chi connectivity index (χ3v) is 2.68. The minimum atomic E-state index is 0. The Morgan fingerprint density at radius 1 is 1.19 bits per heavy atom. The van der Waals surface area contributed by atoms with Crippen LogP contribution in [-0.2, 0) is 17.1 Å². The molecular weight excluding hydrogens is 279 g/mol. The van der Waals surface area contributed by atoms with Crippen LogP contribution in [0.2, 0.25) is 0 Å². The standard InChI is InChI=1S/C6H8N2PS.C5H5.Fe/c7-6(10)8(9)5-3-1-2-4-5;1-2-4-5-3-1;/h1-4H,9H2,(H2,7,10);1-5H;/q2*-1;+2. The first-order chi connectivity index (χ1) is 7.22. The molecule has 0 bridgehead atoms. The predicted octanol–water partition coefficient (Wildman–Crippen LogP) is 2.65. The Hall–Kier alpha value is -0.661. The first kappa shape index (κ1) is 15.3. The van der Waals surface area contributed by atoms with E-state index in [0.717, 1.165) is 5.69 Å². The number of nitrogens with zero attached hydrogens (tertiary/aromatic N) is 1. The maximum Gasteiger partial charge on any atom is 2.00 e. The van der Waals surface area contributed by atoms with Crippen LogP contribution in [0, 0.1) is 0 Å². The van der Waals surface area contributed by atoms with Gasteiger partial charge in [-0.3, -0.25) is 0 Å². The van der Waals surface area contributed by atoms with E-state index in [1.807, 2.05) is 54.6 Å². The summed E-state index contributed by atoms with van der Waals surface area (Å²) in [5.41, 5.74) is 6.36. The molecule has 16 heavy (non-hydrogen) atoms. The van der Waals surface area contributed by atoms with E-state index < -0.39 is 0 Å². The summed E-state index contributed by atoms with van der Waals surface area (Å²) in [6, 6.07) is 17.7. The zero-order valence-electron chi connectivity index (χ0n) is 8.56. The minimum absolute atomic E-state index is 0. The number of rotatable bonds is 1. The van der Waals surface area contributed by atoms with Crippen LogP contribution in [-0.4, -0.2) is 5.11 Å². The molecule has 2 N–H and O–H groups in total. The summed E-state index contributed by atoms with van der Waals surface area (Å²) < 4.78 is 1.68. The van der Waals surface area contributed by atoms with Crippen LogP contribution in [0.1, 0.15) is 0 Å². The van der Waals surface area contributed by atoms with Crippen molar-refractivity contribution in [3.8, 4) is 0 Å². The molecule has 1 unspecified atom stereocenters. The molecule has 0 fully saturated rings. The smallest absolute Gasteiger partial charge is 0.413 e. The van der Waals surface area contributed by atoms with Gasteiger partial charge in [0.05, 0.1) is 5.11 Å². The van der Waals surface area contributed by atoms with Gasteiger partial charge >= 0.3 is 17.1 Å². The molecule has 2 aromatic rings. The molecule has 1 atom stereocenters. The predicted molar refractivity (Wildman–Crippen MR) is 73.0 cm³/mol. The Morgan fingerprint density at radius 3 is 2.00 bits per heavy atom. The summed E-state index contributed by atoms with van der Waals surface area (Å²) >= 11 is 4.75. The summed E-state index contributed by atoms with van der Waals surface area (Å²) in [4.78, 5) is 0. The molecule has 2 aromatic carbocycles. The van der Waals surface area contributed by atoms with Crippen LogP contribution in [0.15, 0.2) is 54.6 Å². The summed E-state index contributed by atoms with van der Waals surface area (Å²) in [6.07, 6.45) is 0. The van der Waals surface area contributed by atoms with Crippen LogP contribution in [0.3, 0.4) is 0 Å². The van der Waals surface area contributed by atoms with Crippen molar-refractivity contribution in [3.63, 3.8) is 0 Å². The van der Waals surface area contributed by atoms with Crippen LogP contribution in [0.4, 0.5) is 5.69 Å². The number of nitrogens with two attached hydrogens (primary N) is 1. The zero-order valence-corrected chi connectivity index (χ0v) is 11.6. The maximum atomic E-state index is 5.36. The van der Waals surface area contributed by atoms with Gasteiger partial charge in [0.1, 0.15) is 0 Å². The van der Waals surface area contributed by atoms with Crippen molar-refractivity contribution < 1.29 is 17.1 Å². The first-order valence-electron chi connectivity index (χ1n) is 4.44. The molecule has 86 valence electrons. The van der Waals surface area contributed by atoms with E-state index in [9.17, 15) is 0 Å². The Morgan fingerprint density at radius 2 is 1.69 bits per heavy atom. The average Bonchev–Trinajstić information content (AvgIpc) is 2.92. The maximum absolute atomic E-state index is 5.36. The van der Waals surface area contributed by atoms with E-state index in [-0.39, 0.29) is 17.1 Å². The molecular formula is C11H13FeN2PS. The SMILES string of the molecule is NC(=S)N(P)[c-]1cccc1.[Fe+2].c1cc[cH-]c1. The second-order valence-electron chi connectivity index (χ2n) is 2.81. The molecule has 0 saturated heterocycles. The molecule has 0 spiro atoms. The van der Waals surface area contributed by atoms with Gasteiger partial charge in [0.25, 0.3) is 0 Å². The van der Waals surface area contributed by atoms with Crippen molar-refractivity contribution in [2.24, 2.45) is 5.73 Å². The van der Waals surface area contributed by atoms with E-state index in [2.05, 4.69) is 9.39 Å². The van der Waals surface area contributed by atoms with Gasteiger partial charge in [0, 0.05) is 0 Å². The monoisotopic (exact) mass is 292 g/mol. The van der Waals surface area contributed by atoms with Gasteiger partial charge in [0.15, 0.2) is 0 Å². The molecule has 0 aliphatic carbocycles. The van der Waals surface area contributed by atoms with Crippen molar-refractivity contribution in [3.05, 3.63) is 54.6 Å². The number of hydrogen-bond donors (Lipinski definition) is 1. The van der Waals surface area contributed by atoms with Crippen molar-refractivity contribution in [1.82, 2.24) is 0 Å². The second kappa shape index (κ2) is 8.49. The molecule has 0 aliphatic rings. The van der Waals surface area contributed by atoms with Crippen LogP contribution < -0.4 is 10.4 Å². The molecule has 0 heterocycles. The van der Waals surface area contributed by atoms with Gasteiger partial charge in [0.2, 0.25) is 0 Å². The van der Waals surface area contributed by atoms with E-state index >= 15 is 0 Å². The van der Waals surface area contributed by atoms with Gasteiger partial charge in [-0.15, -0.1) is 24.4 Å². The summed E-state index contributed by atoms with van der Waals surface area (Å²) in [7, 11) is 2.45. The number of hydrogen-bond acceptors (Lipinski definition) is 1. The second-order valence-corrected chi connectivity index (χ2v) is 3.75. The van der Waals surface area contributed by atoms with Crippen molar-refractivity contribution in [1.29, 1.82) is 0 Å². The molecule has 5 heteroatoms. The van der Waals surface area contributed by atoms with Gasteiger partial charge in [-0.25, -0.2) is 12.1 Å². The fourth-order valence-corrected chi connectivity index (χ4v) is 1.25. The fraction of sp³-hybridized carbons (Fsp3) is 0. The molecule has 0 amide bonds. The summed E-state index contributed by atoms with van der Waals surface area (Å²) in [6.45, 7) is 0. The Kier molecular flexibility index (Phi) is 8.14. The number of anilines is 1. The quantitative estimate of drug-likeness (QED) is 0.379. The van der Waals surface area contributed by atoms with Crippen LogP contribution >= 0.6 is 21.6 Å². The Balaban J connectivity index is 0.000000318. The van der Waals surface area contributed by atoms with E-state index in [0.29, 0.717) is 5.11 Å². The van der Waals surface area contributed by atoms with Crippen LogP contribution in [0.25, 0.3) is 0 Å². The first-order valence-corrected chi connectivity index (χ1v) is 5.37. The summed E-state index contributed by atoms with van der Waals surface area (Å²) in [5.74, 6) is 0. The molecule has 0 aliphatic heterocycles. The third kappa shape index (κ3) is 5.43. The van der Waals surface area contributed by atoms with Gasteiger partial charge in [-0.05, 0) is 5.69 Å². The average molecular weight is 292 g/mol. The van der Waals surface area contributed by atoms with E-state index in [1.165, 1.54) is 0 Å². The van der Waals surface area contributed by atoms with Crippen LogP contribution in [0.5, 0.6) is 0 Å². The van der Waals surface area contributed by atoms with Crippen molar-refractivity contribution >= 4 is 32.4 Å². The van der Waals surface area contributed by atoms with Crippen molar-refractivity contribution in [2.45, 2.75) is 0 Å².